The van der Waals surface area contributed by atoms with Crippen molar-refractivity contribution in [2.24, 2.45) is 11.0 Å². The maximum Gasteiger partial charge on any atom is 0.274 e. The van der Waals surface area contributed by atoms with Crippen LogP contribution in [0.2, 0.25) is 0 Å². The summed E-state index contributed by atoms with van der Waals surface area (Å²) in [4.78, 5) is 14.3. The molecule has 0 aromatic heterocycles. The predicted molar refractivity (Wildman–Crippen MR) is 88.5 cm³/mol. The number of amides is 1. The lowest BCUT2D eigenvalue weighted by atomic mass is 10.0. The van der Waals surface area contributed by atoms with Crippen LogP contribution in [-0.2, 0) is 16.1 Å². The van der Waals surface area contributed by atoms with E-state index < -0.39 is 0 Å². The van der Waals surface area contributed by atoms with Gasteiger partial charge in [-0.05, 0) is 12.5 Å². The van der Waals surface area contributed by atoms with Gasteiger partial charge >= 0.3 is 0 Å². The van der Waals surface area contributed by atoms with E-state index in [-0.39, 0.29) is 17.9 Å². The molecule has 0 aliphatic carbocycles. The summed E-state index contributed by atoms with van der Waals surface area (Å²) in [5.41, 5.74) is 4.56. The minimum absolute atomic E-state index is 0.0201. The van der Waals surface area contributed by atoms with Gasteiger partial charge in [0.15, 0.2) is 0 Å². The highest BCUT2D eigenvalue weighted by Gasteiger charge is 2.38. The Labute approximate surface area is 136 Å². The zero-order chi connectivity index (χ0) is 16.2. The lowest BCUT2D eigenvalue weighted by molar-refractivity contribution is -0.116. The van der Waals surface area contributed by atoms with Crippen LogP contribution in [0.5, 0.6) is 0 Å². The molecule has 1 fully saturated rings. The standard InChI is InChI=1S/C17H22N4O2/c1-3-14-17(22)18-16(20-19-14)13-10-21(11-15(13)23-2)9-12-7-5-4-6-8-12/h3-8,13,15,19H,9-11H2,1-2H3,(H,18,20,22)/b14-3-. The molecule has 2 atom stereocenters. The minimum Gasteiger partial charge on any atom is -0.379 e. The van der Waals surface area contributed by atoms with Gasteiger partial charge in [-0.3, -0.25) is 15.1 Å². The van der Waals surface area contributed by atoms with Crippen molar-refractivity contribution in [3.63, 3.8) is 0 Å². The molecule has 1 saturated heterocycles. The highest BCUT2D eigenvalue weighted by molar-refractivity contribution is 6.08. The topological polar surface area (TPSA) is 66.0 Å². The summed E-state index contributed by atoms with van der Waals surface area (Å²) in [6, 6.07) is 10.4. The molecule has 0 bridgehead atoms. The number of hydrogen-bond donors (Lipinski definition) is 2. The first-order valence-electron chi connectivity index (χ1n) is 7.81. The lowest BCUT2D eigenvalue weighted by Crippen LogP contribution is -2.47. The first-order chi connectivity index (χ1) is 11.2. The van der Waals surface area contributed by atoms with Crippen LogP contribution in [-0.4, -0.2) is 42.9 Å². The largest absolute Gasteiger partial charge is 0.379 e. The SMILES string of the molecule is C/C=C1\NN=C(C2CN(Cc3ccccc3)CC2OC)NC1=O. The number of methoxy groups -OCH3 is 1. The van der Waals surface area contributed by atoms with E-state index in [4.69, 9.17) is 4.74 Å². The summed E-state index contributed by atoms with van der Waals surface area (Å²) in [6.07, 6.45) is 1.73. The summed E-state index contributed by atoms with van der Waals surface area (Å²) in [7, 11) is 1.71. The van der Waals surface area contributed by atoms with Crippen LogP contribution in [0, 0.1) is 5.92 Å². The second-order valence-electron chi connectivity index (χ2n) is 5.83. The number of likely N-dealkylation sites (tertiary alicyclic amines) is 1. The number of ether oxygens (including phenoxy) is 1. The van der Waals surface area contributed by atoms with E-state index in [1.54, 1.807) is 20.1 Å². The Hall–Kier alpha value is -2.18. The van der Waals surface area contributed by atoms with Gasteiger partial charge in [0, 0.05) is 26.7 Å². The lowest BCUT2D eigenvalue weighted by Gasteiger charge is -2.23. The molecule has 3 rings (SSSR count). The van der Waals surface area contributed by atoms with Gasteiger partial charge in [0.25, 0.3) is 5.91 Å². The van der Waals surface area contributed by atoms with Crippen molar-refractivity contribution in [2.45, 2.75) is 19.6 Å². The average Bonchev–Trinajstić information content (AvgIpc) is 2.98. The molecule has 1 amide bonds. The van der Waals surface area contributed by atoms with Crippen LogP contribution < -0.4 is 10.7 Å². The highest BCUT2D eigenvalue weighted by Crippen LogP contribution is 2.23. The van der Waals surface area contributed by atoms with Crippen molar-refractivity contribution in [3.05, 3.63) is 47.7 Å². The molecular formula is C17H22N4O2. The highest BCUT2D eigenvalue weighted by atomic mass is 16.5. The zero-order valence-corrected chi connectivity index (χ0v) is 13.5. The summed E-state index contributed by atoms with van der Waals surface area (Å²) < 4.78 is 5.62. The fourth-order valence-electron chi connectivity index (χ4n) is 3.08. The number of carbonyl (C=O) groups excluding carboxylic acids is 1. The van der Waals surface area contributed by atoms with Gasteiger partial charge in [-0.1, -0.05) is 36.4 Å². The number of amidine groups is 1. The van der Waals surface area contributed by atoms with E-state index in [2.05, 4.69) is 32.9 Å². The molecule has 1 aromatic rings. The molecule has 2 N–H and O–H groups in total. The Kier molecular flexibility index (Phi) is 4.73. The summed E-state index contributed by atoms with van der Waals surface area (Å²) in [5.74, 6) is 0.565. The Morgan fingerprint density at radius 2 is 2.13 bits per heavy atom. The van der Waals surface area contributed by atoms with Crippen LogP contribution in [0.25, 0.3) is 0 Å². The normalized spacial score (nSPS) is 26.8. The third kappa shape index (κ3) is 3.43. The van der Waals surface area contributed by atoms with Crippen molar-refractivity contribution < 1.29 is 9.53 Å². The molecule has 2 aliphatic rings. The molecule has 1 aromatic carbocycles. The van der Waals surface area contributed by atoms with Crippen LogP contribution in [0.1, 0.15) is 12.5 Å². The minimum atomic E-state index is -0.145. The number of carbonyl (C=O) groups is 1. The number of rotatable bonds is 4. The number of allylic oxidation sites excluding steroid dienone is 1. The number of benzene rings is 1. The van der Waals surface area contributed by atoms with Gasteiger partial charge in [-0.2, -0.15) is 5.10 Å². The Morgan fingerprint density at radius 3 is 2.78 bits per heavy atom. The Morgan fingerprint density at radius 1 is 1.35 bits per heavy atom. The smallest absolute Gasteiger partial charge is 0.274 e. The second-order valence-corrected chi connectivity index (χ2v) is 5.83. The van der Waals surface area contributed by atoms with Crippen LogP contribution in [0.15, 0.2) is 47.2 Å². The van der Waals surface area contributed by atoms with Gasteiger partial charge in [0.1, 0.15) is 11.5 Å². The Bertz CT molecular complexity index is 627. The third-order valence-corrected chi connectivity index (χ3v) is 4.32. The fraction of sp³-hybridized carbons (Fsp3) is 0.412. The quantitative estimate of drug-likeness (QED) is 0.816. The van der Waals surface area contributed by atoms with Crippen LogP contribution in [0.3, 0.4) is 0 Å². The molecule has 6 heteroatoms. The molecular weight excluding hydrogens is 292 g/mol. The van der Waals surface area contributed by atoms with Crippen LogP contribution in [0.4, 0.5) is 0 Å². The summed E-state index contributed by atoms with van der Waals surface area (Å²) >= 11 is 0. The third-order valence-electron chi connectivity index (χ3n) is 4.32. The van der Waals surface area contributed by atoms with Gasteiger partial charge in [0.05, 0.1) is 12.0 Å². The fourth-order valence-corrected chi connectivity index (χ4v) is 3.08. The molecule has 2 unspecified atom stereocenters. The molecule has 122 valence electrons. The number of nitrogens with one attached hydrogen (secondary N) is 2. The molecule has 23 heavy (non-hydrogen) atoms. The van der Waals surface area contributed by atoms with Gasteiger partial charge < -0.3 is 10.1 Å². The van der Waals surface area contributed by atoms with Crippen molar-refractivity contribution in [3.8, 4) is 0 Å². The molecule has 2 aliphatic heterocycles. The van der Waals surface area contributed by atoms with Crippen molar-refractivity contribution in [1.82, 2.24) is 15.6 Å². The number of hydrogen-bond acceptors (Lipinski definition) is 5. The zero-order valence-electron chi connectivity index (χ0n) is 13.5. The molecule has 0 spiro atoms. The van der Waals surface area contributed by atoms with Crippen LogP contribution >= 0.6 is 0 Å². The van der Waals surface area contributed by atoms with E-state index in [1.165, 1.54) is 5.56 Å². The van der Waals surface area contributed by atoms with Gasteiger partial charge in [-0.25, -0.2) is 0 Å². The summed E-state index contributed by atoms with van der Waals surface area (Å²) in [6.45, 7) is 4.30. The first kappa shape index (κ1) is 15.7. The van der Waals surface area contributed by atoms with Crippen molar-refractivity contribution in [2.75, 3.05) is 20.2 Å². The van der Waals surface area contributed by atoms with Gasteiger partial charge in [-0.15, -0.1) is 0 Å². The predicted octanol–water partition coefficient (Wildman–Crippen LogP) is 1.07. The van der Waals surface area contributed by atoms with E-state index >= 15 is 0 Å². The monoisotopic (exact) mass is 314 g/mol. The second kappa shape index (κ2) is 6.93. The van der Waals surface area contributed by atoms with Gasteiger partial charge in [0.2, 0.25) is 0 Å². The first-order valence-corrected chi connectivity index (χ1v) is 7.81. The molecule has 6 nitrogen and oxygen atoms in total. The van der Waals surface area contributed by atoms with Crippen molar-refractivity contribution in [1.29, 1.82) is 0 Å². The van der Waals surface area contributed by atoms with E-state index in [1.807, 2.05) is 18.2 Å². The number of nitrogens with zero attached hydrogens (tertiary/aromatic N) is 2. The maximum absolute atomic E-state index is 12.0. The van der Waals surface area contributed by atoms with Crippen molar-refractivity contribution >= 4 is 11.7 Å². The van der Waals surface area contributed by atoms with E-state index in [9.17, 15) is 4.79 Å². The van der Waals surface area contributed by atoms with E-state index in [0.29, 0.717) is 11.5 Å². The molecule has 0 saturated carbocycles. The van der Waals surface area contributed by atoms with E-state index in [0.717, 1.165) is 19.6 Å². The maximum atomic E-state index is 12.0. The number of hydrazone groups is 1. The summed E-state index contributed by atoms with van der Waals surface area (Å²) in [5, 5.41) is 7.20. The molecule has 2 heterocycles. The molecule has 0 radical (unpaired) electrons. The Balaban J connectivity index is 1.70. The average molecular weight is 314 g/mol.